The van der Waals surface area contributed by atoms with Gasteiger partial charge in [0.05, 0.1) is 18.1 Å². The third kappa shape index (κ3) is 5.33. The number of anilines is 2. The van der Waals surface area contributed by atoms with Crippen LogP contribution in [0.3, 0.4) is 0 Å². The minimum Gasteiger partial charge on any atom is -0.482 e. The van der Waals surface area contributed by atoms with Crippen LogP contribution in [-0.2, 0) is 6.61 Å². The Balaban J connectivity index is 2.09. The number of aliphatic hydroxyl groups excluding tert-OH is 1. The lowest BCUT2D eigenvalue weighted by Crippen LogP contribution is -2.22. The minimum atomic E-state index is 0.0955. The first-order chi connectivity index (χ1) is 11.2. The Bertz CT molecular complexity index is 590. The molecule has 0 fully saturated rings. The molecular formula is C15H22N6O2. The Morgan fingerprint density at radius 1 is 1.26 bits per heavy atom. The molecule has 0 unspecified atom stereocenters. The number of ether oxygens (including phenoxy) is 1. The molecular weight excluding hydrogens is 296 g/mol. The van der Waals surface area contributed by atoms with Gasteiger partial charge in [-0.1, -0.05) is 13.3 Å². The number of hydrogen-bond acceptors (Lipinski definition) is 8. The summed E-state index contributed by atoms with van der Waals surface area (Å²) in [5.74, 6) is 1.18. The van der Waals surface area contributed by atoms with E-state index in [2.05, 4.69) is 32.2 Å². The van der Waals surface area contributed by atoms with Crippen molar-refractivity contribution in [2.45, 2.75) is 38.8 Å². The van der Waals surface area contributed by atoms with Gasteiger partial charge in [0.1, 0.15) is 6.61 Å². The molecule has 0 aliphatic heterocycles. The fourth-order valence-electron chi connectivity index (χ4n) is 2.14. The van der Waals surface area contributed by atoms with Crippen LogP contribution in [0.1, 0.15) is 31.9 Å². The molecule has 2 heterocycles. The molecule has 0 spiro atoms. The van der Waals surface area contributed by atoms with E-state index >= 15 is 0 Å². The summed E-state index contributed by atoms with van der Waals surface area (Å²) in [6, 6.07) is 0.0955. The van der Waals surface area contributed by atoms with E-state index in [-0.39, 0.29) is 25.2 Å². The van der Waals surface area contributed by atoms with Crippen molar-refractivity contribution in [3.63, 3.8) is 0 Å². The zero-order valence-electron chi connectivity index (χ0n) is 13.1. The minimum absolute atomic E-state index is 0.0955. The SMILES string of the molecule is CCC[C@@H](CCO)Nc1nc(N)ncc1OCc1cnccn1. The summed E-state index contributed by atoms with van der Waals surface area (Å²) in [5, 5.41) is 12.4. The smallest absolute Gasteiger partial charge is 0.222 e. The van der Waals surface area contributed by atoms with Crippen molar-refractivity contribution in [3.05, 3.63) is 30.5 Å². The molecule has 0 aliphatic rings. The van der Waals surface area contributed by atoms with Gasteiger partial charge in [-0.2, -0.15) is 4.98 Å². The average Bonchev–Trinajstić information content (AvgIpc) is 2.55. The van der Waals surface area contributed by atoms with Gasteiger partial charge in [-0.15, -0.1) is 0 Å². The fraction of sp³-hybridized carbons (Fsp3) is 0.467. The molecule has 0 radical (unpaired) electrons. The van der Waals surface area contributed by atoms with Crippen LogP contribution < -0.4 is 15.8 Å². The van der Waals surface area contributed by atoms with E-state index in [4.69, 9.17) is 10.5 Å². The molecule has 0 saturated heterocycles. The van der Waals surface area contributed by atoms with Crippen molar-refractivity contribution >= 4 is 11.8 Å². The summed E-state index contributed by atoms with van der Waals surface area (Å²) < 4.78 is 5.73. The maximum Gasteiger partial charge on any atom is 0.222 e. The van der Waals surface area contributed by atoms with Crippen molar-refractivity contribution in [1.82, 2.24) is 19.9 Å². The molecule has 8 nitrogen and oxygen atoms in total. The normalized spacial score (nSPS) is 11.9. The summed E-state index contributed by atoms with van der Waals surface area (Å²) in [6.45, 7) is 2.45. The first-order valence-electron chi connectivity index (χ1n) is 7.60. The van der Waals surface area contributed by atoms with Crippen LogP contribution in [0, 0.1) is 0 Å². The second-order valence-corrected chi connectivity index (χ2v) is 5.07. The zero-order chi connectivity index (χ0) is 16.5. The van der Waals surface area contributed by atoms with E-state index in [1.54, 1.807) is 18.6 Å². The van der Waals surface area contributed by atoms with Crippen LogP contribution in [0.2, 0.25) is 0 Å². The van der Waals surface area contributed by atoms with E-state index in [0.717, 1.165) is 12.8 Å². The first kappa shape index (κ1) is 16.9. The van der Waals surface area contributed by atoms with Crippen molar-refractivity contribution in [3.8, 4) is 5.75 Å². The molecule has 2 aromatic rings. The average molecular weight is 318 g/mol. The monoisotopic (exact) mass is 318 g/mol. The van der Waals surface area contributed by atoms with Crippen LogP contribution in [0.15, 0.2) is 24.8 Å². The van der Waals surface area contributed by atoms with E-state index in [9.17, 15) is 5.11 Å². The van der Waals surface area contributed by atoms with Crippen LogP contribution in [-0.4, -0.2) is 37.7 Å². The highest BCUT2D eigenvalue weighted by Crippen LogP contribution is 2.24. The summed E-state index contributed by atoms with van der Waals surface area (Å²) in [6.07, 6.45) is 8.91. The van der Waals surface area contributed by atoms with Gasteiger partial charge in [-0.3, -0.25) is 9.97 Å². The Labute approximate surface area is 135 Å². The second kappa shape index (κ2) is 8.84. The number of rotatable bonds is 9. The summed E-state index contributed by atoms with van der Waals surface area (Å²) in [4.78, 5) is 16.3. The van der Waals surface area contributed by atoms with E-state index < -0.39 is 0 Å². The van der Waals surface area contributed by atoms with E-state index in [0.29, 0.717) is 23.7 Å². The number of nitrogens with two attached hydrogens (primary N) is 1. The van der Waals surface area contributed by atoms with Gasteiger partial charge in [0, 0.05) is 25.0 Å². The van der Waals surface area contributed by atoms with Crippen molar-refractivity contribution < 1.29 is 9.84 Å². The van der Waals surface area contributed by atoms with Gasteiger partial charge in [0.25, 0.3) is 0 Å². The molecule has 0 bridgehead atoms. The van der Waals surface area contributed by atoms with Gasteiger partial charge >= 0.3 is 0 Å². The molecule has 0 aromatic carbocycles. The fourth-order valence-corrected chi connectivity index (χ4v) is 2.14. The Morgan fingerprint density at radius 2 is 2.13 bits per heavy atom. The highest BCUT2D eigenvalue weighted by atomic mass is 16.5. The number of hydrogen-bond donors (Lipinski definition) is 3. The van der Waals surface area contributed by atoms with Crippen LogP contribution >= 0.6 is 0 Å². The predicted octanol–water partition coefficient (Wildman–Crippen LogP) is 1.39. The molecule has 0 saturated carbocycles. The molecule has 1 atom stereocenters. The number of nitrogens with zero attached hydrogens (tertiary/aromatic N) is 4. The van der Waals surface area contributed by atoms with Crippen LogP contribution in [0.25, 0.3) is 0 Å². The number of aliphatic hydroxyl groups is 1. The lowest BCUT2D eigenvalue weighted by Gasteiger charge is -2.19. The third-order valence-electron chi connectivity index (χ3n) is 3.22. The Morgan fingerprint density at radius 3 is 2.83 bits per heavy atom. The number of nitrogens with one attached hydrogen (secondary N) is 1. The maximum atomic E-state index is 9.17. The summed E-state index contributed by atoms with van der Waals surface area (Å²) >= 11 is 0. The topological polar surface area (TPSA) is 119 Å². The largest absolute Gasteiger partial charge is 0.482 e. The van der Waals surface area contributed by atoms with Gasteiger partial charge in [0.2, 0.25) is 5.95 Å². The molecule has 8 heteroatoms. The molecule has 4 N–H and O–H groups in total. The molecule has 124 valence electrons. The lowest BCUT2D eigenvalue weighted by atomic mass is 10.1. The molecule has 2 aromatic heterocycles. The number of nitrogen functional groups attached to an aromatic ring is 1. The highest BCUT2D eigenvalue weighted by Gasteiger charge is 2.13. The number of aromatic nitrogens is 4. The van der Waals surface area contributed by atoms with Gasteiger partial charge in [-0.05, 0) is 12.8 Å². The first-order valence-corrected chi connectivity index (χ1v) is 7.60. The van der Waals surface area contributed by atoms with E-state index in [1.807, 2.05) is 0 Å². The standard InChI is InChI=1S/C15H22N6O2/c1-2-3-11(4-7-22)20-14-13(9-19-15(16)21-14)23-10-12-8-17-5-6-18-12/h5-6,8-9,11,22H,2-4,7,10H2,1H3,(H3,16,19,20,21)/t11-/m0/s1. The zero-order valence-corrected chi connectivity index (χ0v) is 13.1. The molecule has 23 heavy (non-hydrogen) atoms. The van der Waals surface area contributed by atoms with Crippen LogP contribution in [0.4, 0.5) is 11.8 Å². The van der Waals surface area contributed by atoms with Crippen molar-refractivity contribution in [1.29, 1.82) is 0 Å². The Hall–Kier alpha value is -2.48. The summed E-state index contributed by atoms with van der Waals surface area (Å²) in [7, 11) is 0. The van der Waals surface area contributed by atoms with Crippen molar-refractivity contribution in [2.24, 2.45) is 0 Å². The van der Waals surface area contributed by atoms with Gasteiger partial charge in [-0.25, -0.2) is 4.98 Å². The van der Waals surface area contributed by atoms with E-state index in [1.165, 1.54) is 6.20 Å². The quantitative estimate of drug-likeness (QED) is 0.634. The molecule has 0 aliphatic carbocycles. The molecule has 0 amide bonds. The lowest BCUT2D eigenvalue weighted by molar-refractivity contribution is 0.275. The maximum absolute atomic E-state index is 9.17. The second-order valence-electron chi connectivity index (χ2n) is 5.07. The molecule has 2 rings (SSSR count). The Kier molecular flexibility index (Phi) is 6.49. The van der Waals surface area contributed by atoms with Gasteiger partial charge in [0.15, 0.2) is 11.6 Å². The highest BCUT2D eigenvalue weighted by molar-refractivity contribution is 5.51. The summed E-state index contributed by atoms with van der Waals surface area (Å²) in [5.41, 5.74) is 6.37. The van der Waals surface area contributed by atoms with Gasteiger partial charge < -0.3 is 20.9 Å². The predicted molar refractivity (Wildman–Crippen MR) is 86.8 cm³/mol. The van der Waals surface area contributed by atoms with Crippen LogP contribution in [0.5, 0.6) is 5.75 Å². The third-order valence-corrected chi connectivity index (χ3v) is 3.22. The van der Waals surface area contributed by atoms with Crippen molar-refractivity contribution in [2.75, 3.05) is 17.7 Å².